The van der Waals surface area contributed by atoms with Crippen molar-refractivity contribution in [3.63, 3.8) is 0 Å². The van der Waals surface area contributed by atoms with Crippen molar-refractivity contribution in [2.24, 2.45) is 0 Å². The second kappa shape index (κ2) is 8.57. The van der Waals surface area contributed by atoms with Gasteiger partial charge in [0.05, 0.1) is 27.6 Å². The Morgan fingerprint density at radius 1 is 1.12 bits per heavy atom. The monoisotopic (exact) mass is 329 g/mol. The summed E-state index contributed by atoms with van der Waals surface area (Å²) >= 11 is 0. The van der Waals surface area contributed by atoms with Crippen molar-refractivity contribution in [2.45, 2.75) is 6.61 Å². The Hall–Kier alpha value is -3.02. The summed E-state index contributed by atoms with van der Waals surface area (Å²) in [5.74, 6) is 0.431. The zero-order valence-corrected chi connectivity index (χ0v) is 13.8. The molecular weight excluding hydrogens is 310 g/mol. The van der Waals surface area contributed by atoms with Gasteiger partial charge in [0.2, 0.25) is 0 Å². The van der Waals surface area contributed by atoms with E-state index < -0.39 is 5.97 Å². The molecule has 0 saturated carbocycles. The minimum absolute atomic E-state index is 0.210. The highest BCUT2D eigenvalue weighted by atomic mass is 16.5. The van der Waals surface area contributed by atoms with Crippen LogP contribution in [0.25, 0.3) is 5.57 Å². The van der Waals surface area contributed by atoms with Gasteiger partial charge in [0.25, 0.3) is 5.88 Å². The van der Waals surface area contributed by atoms with Gasteiger partial charge in [-0.05, 0) is 23.3 Å². The number of pyridine rings is 1. The standard InChI is InChI=1S/C18H19NO5/c1-21-12-15(18(20)23-3)14-8-5-4-7-13(14)11-24-17-16(22-2)9-6-10-19-17/h4-10,12H,11H2,1-3H3/b15-12+. The molecule has 0 atom stereocenters. The van der Waals surface area contributed by atoms with Crippen LogP contribution in [0.15, 0.2) is 48.9 Å². The Balaban J connectivity index is 2.29. The molecule has 0 radical (unpaired) electrons. The van der Waals surface area contributed by atoms with E-state index >= 15 is 0 Å². The number of methoxy groups -OCH3 is 3. The van der Waals surface area contributed by atoms with Gasteiger partial charge in [0, 0.05) is 6.20 Å². The summed E-state index contributed by atoms with van der Waals surface area (Å²) in [4.78, 5) is 16.1. The van der Waals surface area contributed by atoms with Crippen LogP contribution in [0.5, 0.6) is 11.6 Å². The highest BCUT2D eigenvalue weighted by molar-refractivity contribution is 6.16. The van der Waals surface area contributed by atoms with Crippen molar-refractivity contribution >= 4 is 11.5 Å². The fourth-order valence-corrected chi connectivity index (χ4v) is 2.14. The number of hydrogen-bond donors (Lipinski definition) is 0. The van der Waals surface area contributed by atoms with Gasteiger partial charge in [-0.3, -0.25) is 0 Å². The first kappa shape index (κ1) is 17.3. The number of benzene rings is 1. The van der Waals surface area contributed by atoms with Crippen LogP contribution < -0.4 is 9.47 Å². The maximum absolute atomic E-state index is 12.0. The summed E-state index contributed by atoms with van der Waals surface area (Å²) in [6, 6.07) is 10.9. The average molecular weight is 329 g/mol. The molecular formula is C18H19NO5. The fourth-order valence-electron chi connectivity index (χ4n) is 2.14. The Kier molecular flexibility index (Phi) is 6.19. The number of rotatable bonds is 7. The molecule has 0 aliphatic rings. The number of carbonyl (C=O) groups is 1. The normalized spacial score (nSPS) is 10.9. The Morgan fingerprint density at radius 2 is 1.92 bits per heavy atom. The van der Waals surface area contributed by atoms with Crippen molar-refractivity contribution in [2.75, 3.05) is 21.3 Å². The molecule has 0 spiro atoms. The van der Waals surface area contributed by atoms with Gasteiger partial charge in [-0.1, -0.05) is 24.3 Å². The summed E-state index contributed by atoms with van der Waals surface area (Å²) in [6.07, 6.45) is 2.97. The summed E-state index contributed by atoms with van der Waals surface area (Å²) < 4.78 is 20.8. The third kappa shape index (κ3) is 4.04. The molecule has 6 heteroatoms. The molecule has 6 nitrogen and oxygen atoms in total. The highest BCUT2D eigenvalue weighted by Crippen LogP contribution is 2.26. The second-order valence-corrected chi connectivity index (χ2v) is 4.72. The molecule has 1 heterocycles. The topological polar surface area (TPSA) is 66.9 Å². The Morgan fingerprint density at radius 3 is 2.62 bits per heavy atom. The van der Waals surface area contributed by atoms with Crippen molar-refractivity contribution in [3.05, 3.63) is 60.0 Å². The van der Waals surface area contributed by atoms with Crippen molar-refractivity contribution in [3.8, 4) is 11.6 Å². The zero-order valence-electron chi connectivity index (χ0n) is 13.8. The number of carbonyl (C=O) groups excluding carboxylic acids is 1. The smallest absolute Gasteiger partial charge is 0.341 e. The van der Waals surface area contributed by atoms with E-state index in [1.165, 1.54) is 20.5 Å². The molecule has 0 saturated heterocycles. The SMILES string of the molecule is CO/C=C(/C(=O)OC)c1ccccc1COc1ncccc1OC. The second-order valence-electron chi connectivity index (χ2n) is 4.72. The average Bonchev–Trinajstić information content (AvgIpc) is 2.64. The Labute approximate surface area is 140 Å². The van der Waals surface area contributed by atoms with Gasteiger partial charge < -0.3 is 18.9 Å². The molecule has 0 fully saturated rings. The first-order chi connectivity index (χ1) is 11.7. The van der Waals surface area contributed by atoms with Crippen LogP contribution in [0.2, 0.25) is 0 Å². The summed E-state index contributed by atoms with van der Waals surface area (Å²) in [7, 11) is 4.35. The molecule has 0 unspecified atom stereocenters. The van der Waals surface area contributed by atoms with Gasteiger partial charge in [-0.15, -0.1) is 0 Å². The number of hydrogen-bond acceptors (Lipinski definition) is 6. The minimum atomic E-state index is -0.486. The van der Waals surface area contributed by atoms with Crippen molar-refractivity contribution in [1.82, 2.24) is 4.98 Å². The predicted molar refractivity (Wildman–Crippen MR) is 88.6 cm³/mol. The molecule has 1 aromatic carbocycles. The Bertz CT molecular complexity index is 727. The fraction of sp³-hybridized carbons (Fsp3) is 0.222. The molecule has 0 bridgehead atoms. The molecule has 0 aliphatic carbocycles. The van der Waals surface area contributed by atoms with Gasteiger partial charge in [-0.25, -0.2) is 9.78 Å². The lowest BCUT2D eigenvalue weighted by molar-refractivity contribution is -0.133. The number of nitrogens with zero attached hydrogens (tertiary/aromatic N) is 1. The van der Waals surface area contributed by atoms with E-state index in [0.717, 1.165) is 5.56 Å². The van der Waals surface area contributed by atoms with E-state index in [2.05, 4.69) is 4.98 Å². The van der Waals surface area contributed by atoms with Crippen LogP contribution in [0.3, 0.4) is 0 Å². The van der Waals surface area contributed by atoms with E-state index in [9.17, 15) is 4.79 Å². The minimum Gasteiger partial charge on any atom is -0.503 e. The first-order valence-corrected chi connectivity index (χ1v) is 7.22. The zero-order chi connectivity index (χ0) is 17.4. The van der Waals surface area contributed by atoms with Crippen LogP contribution in [-0.2, 0) is 20.9 Å². The molecule has 0 amide bonds. The molecule has 24 heavy (non-hydrogen) atoms. The van der Waals surface area contributed by atoms with Gasteiger partial charge in [0.1, 0.15) is 12.2 Å². The third-order valence-electron chi connectivity index (χ3n) is 3.27. The largest absolute Gasteiger partial charge is 0.503 e. The van der Waals surface area contributed by atoms with Crippen LogP contribution in [-0.4, -0.2) is 32.3 Å². The summed E-state index contributed by atoms with van der Waals surface area (Å²) in [5.41, 5.74) is 1.77. The van der Waals surface area contributed by atoms with Crippen molar-refractivity contribution < 1.29 is 23.7 Å². The van der Waals surface area contributed by atoms with Crippen LogP contribution in [0.1, 0.15) is 11.1 Å². The molecule has 2 rings (SSSR count). The van der Waals surface area contributed by atoms with Crippen molar-refractivity contribution in [1.29, 1.82) is 0 Å². The van der Waals surface area contributed by atoms with E-state index in [-0.39, 0.29) is 6.61 Å². The number of esters is 1. The van der Waals surface area contributed by atoms with E-state index in [4.69, 9.17) is 18.9 Å². The molecule has 126 valence electrons. The first-order valence-electron chi connectivity index (χ1n) is 7.22. The quantitative estimate of drug-likeness (QED) is 0.442. The van der Waals surface area contributed by atoms with Crippen LogP contribution in [0.4, 0.5) is 0 Å². The maximum atomic E-state index is 12.0. The number of aromatic nitrogens is 1. The van der Waals surface area contributed by atoms with Gasteiger partial charge >= 0.3 is 5.97 Å². The molecule has 0 N–H and O–H groups in total. The summed E-state index contributed by atoms with van der Waals surface area (Å²) in [5, 5.41) is 0. The predicted octanol–water partition coefficient (Wildman–Crippen LogP) is 2.83. The lowest BCUT2D eigenvalue weighted by Crippen LogP contribution is -2.08. The number of ether oxygens (including phenoxy) is 4. The molecule has 0 aliphatic heterocycles. The molecule has 2 aromatic rings. The maximum Gasteiger partial charge on any atom is 0.341 e. The summed E-state index contributed by atoms with van der Waals surface area (Å²) in [6.45, 7) is 0.210. The van der Waals surface area contributed by atoms with E-state index in [0.29, 0.717) is 22.8 Å². The molecule has 1 aromatic heterocycles. The lowest BCUT2D eigenvalue weighted by Gasteiger charge is -2.13. The van der Waals surface area contributed by atoms with Crippen LogP contribution in [0, 0.1) is 0 Å². The van der Waals surface area contributed by atoms with Gasteiger partial charge in [0.15, 0.2) is 5.75 Å². The lowest BCUT2D eigenvalue weighted by atomic mass is 10.0. The highest BCUT2D eigenvalue weighted by Gasteiger charge is 2.17. The third-order valence-corrected chi connectivity index (χ3v) is 3.27. The van der Waals surface area contributed by atoms with E-state index in [1.807, 2.05) is 18.2 Å². The van der Waals surface area contributed by atoms with Gasteiger partial charge in [-0.2, -0.15) is 0 Å². The van der Waals surface area contributed by atoms with E-state index in [1.54, 1.807) is 31.5 Å². The van der Waals surface area contributed by atoms with Crippen LogP contribution >= 0.6 is 0 Å².